The lowest BCUT2D eigenvalue weighted by Crippen LogP contribution is -2.31. The first-order valence-electron chi connectivity index (χ1n) is 8.13. The number of unbranched alkanes of at least 4 members (excludes halogenated alkanes) is 3. The van der Waals surface area contributed by atoms with Gasteiger partial charge in [-0.3, -0.25) is 0 Å². The summed E-state index contributed by atoms with van der Waals surface area (Å²) in [6.07, 6.45) is 6.35. The average Bonchev–Trinajstić information content (AvgIpc) is 2.53. The predicted molar refractivity (Wildman–Crippen MR) is 92.6 cm³/mol. The number of hydrogen-bond acceptors (Lipinski definition) is 1. The maximum atomic E-state index is 3.75. The highest BCUT2D eigenvalue weighted by Gasteiger charge is 2.25. The van der Waals surface area contributed by atoms with Crippen LogP contribution < -0.4 is 5.32 Å². The number of rotatable bonds is 8. The van der Waals surface area contributed by atoms with Crippen LogP contribution in [0.4, 0.5) is 5.69 Å². The smallest absolute Gasteiger partial charge is 0.0597 e. The number of para-hydroxylation sites is 1. The fraction of sp³-hybridized carbons (Fsp3) is 0.400. The van der Waals surface area contributed by atoms with Gasteiger partial charge in [-0.05, 0) is 31.0 Å². The van der Waals surface area contributed by atoms with Crippen LogP contribution in [0.3, 0.4) is 0 Å². The van der Waals surface area contributed by atoms with Crippen LogP contribution in [0.5, 0.6) is 0 Å². The van der Waals surface area contributed by atoms with Gasteiger partial charge in [-0.25, -0.2) is 0 Å². The van der Waals surface area contributed by atoms with E-state index in [0.29, 0.717) is 0 Å². The van der Waals surface area contributed by atoms with Gasteiger partial charge in [0.1, 0.15) is 0 Å². The van der Waals surface area contributed by atoms with Gasteiger partial charge in [0, 0.05) is 5.69 Å². The van der Waals surface area contributed by atoms with E-state index in [1.807, 2.05) is 0 Å². The summed E-state index contributed by atoms with van der Waals surface area (Å²) in [7, 11) is 0. The molecule has 0 bridgehead atoms. The first kappa shape index (κ1) is 15.6. The van der Waals surface area contributed by atoms with Crippen molar-refractivity contribution in [3.05, 3.63) is 66.2 Å². The molecule has 0 radical (unpaired) electrons. The standard InChI is InChI=1S/C20H27N/c1-3-4-5-12-17-20(2,18-13-8-6-9-14-18)21-19-15-10-7-11-16-19/h6-11,13-16,21H,3-5,12,17H2,1-2H3. The first-order valence-corrected chi connectivity index (χ1v) is 8.13. The molecule has 0 aromatic heterocycles. The van der Waals surface area contributed by atoms with Gasteiger partial charge >= 0.3 is 0 Å². The van der Waals surface area contributed by atoms with Crippen molar-refractivity contribution in [3.8, 4) is 0 Å². The van der Waals surface area contributed by atoms with Crippen molar-refractivity contribution < 1.29 is 0 Å². The summed E-state index contributed by atoms with van der Waals surface area (Å²) in [5.41, 5.74) is 2.56. The highest BCUT2D eigenvalue weighted by atomic mass is 15.0. The minimum absolute atomic E-state index is 0.00362. The van der Waals surface area contributed by atoms with Crippen LogP contribution in [0.1, 0.15) is 51.5 Å². The van der Waals surface area contributed by atoms with Crippen LogP contribution in [0.2, 0.25) is 0 Å². The lowest BCUT2D eigenvalue weighted by atomic mass is 9.86. The number of hydrogen-bond donors (Lipinski definition) is 1. The van der Waals surface area contributed by atoms with Crippen LogP contribution in [0.25, 0.3) is 0 Å². The van der Waals surface area contributed by atoms with E-state index in [9.17, 15) is 0 Å². The number of nitrogens with one attached hydrogen (secondary N) is 1. The number of anilines is 1. The highest BCUT2D eigenvalue weighted by Crippen LogP contribution is 2.31. The molecule has 112 valence electrons. The van der Waals surface area contributed by atoms with E-state index in [0.717, 1.165) is 6.42 Å². The van der Waals surface area contributed by atoms with Gasteiger partial charge in [-0.2, -0.15) is 0 Å². The summed E-state index contributed by atoms with van der Waals surface area (Å²) in [4.78, 5) is 0. The Hall–Kier alpha value is -1.76. The summed E-state index contributed by atoms with van der Waals surface area (Å²) in [5.74, 6) is 0. The van der Waals surface area contributed by atoms with Crippen molar-refractivity contribution in [1.82, 2.24) is 0 Å². The van der Waals surface area contributed by atoms with E-state index >= 15 is 0 Å². The van der Waals surface area contributed by atoms with Gasteiger partial charge in [0.2, 0.25) is 0 Å². The summed E-state index contributed by atoms with van der Waals surface area (Å²) in [6, 6.07) is 21.3. The molecule has 0 aliphatic rings. The Morgan fingerprint density at radius 2 is 1.43 bits per heavy atom. The van der Waals surface area contributed by atoms with Crippen molar-refractivity contribution in [1.29, 1.82) is 0 Å². The Morgan fingerprint density at radius 1 is 0.810 bits per heavy atom. The van der Waals surface area contributed by atoms with Crippen LogP contribution in [-0.4, -0.2) is 0 Å². The molecule has 1 atom stereocenters. The van der Waals surface area contributed by atoms with Gasteiger partial charge in [0.15, 0.2) is 0 Å². The maximum Gasteiger partial charge on any atom is 0.0597 e. The van der Waals surface area contributed by atoms with Gasteiger partial charge in [0.05, 0.1) is 5.54 Å². The molecule has 2 aromatic carbocycles. The summed E-state index contributed by atoms with van der Waals surface area (Å²) in [5, 5.41) is 3.75. The average molecular weight is 281 g/mol. The molecule has 0 aliphatic heterocycles. The summed E-state index contributed by atoms with van der Waals surface area (Å²) < 4.78 is 0. The molecule has 2 aromatic rings. The SMILES string of the molecule is CCCCCCC(C)(Nc1ccccc1)c1ccccc1. The Bertz CT molecular complexity index is 506. The summed E-state index contributed by atoms with van der Waals surface area (Å²) in [6.45, 7) is 4.58. The molecular weight excluding hydrogens is 254 g/mol. The second-order valence-corrected chi connectivity index (χ2v) is 6.00. The molecule has 0 saturated carbocycles. The topological polar surface area (TPSA) is 12.0 Å². The van der Waals surface area contributed by atoms with Crippen molar-refractivity contribution in [2.45, 2.75) is 51.5 Å². The molecule has 1 heteroatoms. The normalized spacial score (nSPS) is 13.6. The van der Waals surface area contributed by atoms with E-state index in [1.165, 1.54) is 36.9 Å². The first-order chi connectivity index (χ1) is 10.2. The lowest BCUT2D eigenvalue weighted by Gasteiger charge is -2.33. The molecule has 1 N–H and O–H groups in total. The van der Waals surface area contributed by atoms with E-state index in [4.69, 9.17) is 0 Å². The van der Waals surface area contributed by atoms with Crippen molar-refractivity contribution >= 4 is 5.69 Å². The van der Waals surface area contributed by atoms with E-state index in [1.54, 1.807) is 0 Å². The lowest BCUT2D eigenvalue weighted by molar-refractivity contribution is 0.459. The van der Waals surface area contributed by atoms with Crippen LogP contribution in [0.15, 0.2) is 60.7 Å². The molecule has 0 fully saturated rings. The minimum atomic E-state index is -0.00362. The van der Waals surface area contributed by atoms with Gasteiger partial charge < -0.3 is 5.32 Å². The Morgan fingerprint density at radius 3 is 2.05 bits per heavy atom. The van der Waals surface area contributed by atoms with Crippen LogP contribution >= 0.6 is 0 Å². The van der Waals surface area contributed by atoms with Gasteiger partial charge in [-0.1, -0.05) is 81.1 Å². The maximum absolute atomic E-state index is 3.75. The molecule has 0 heterocycles. The molecule has 21 heavy (non-hydrogen) atoms. The zero-order valence-electron chi connectivity index (χ0n) is 13.3. The quantitative estimate of drug-likeness (QED) is 0.586. The molecular formula is C20H27N. The minimum Gasteiger partial charge on any atom is -0.376 e. The largest absolute Gasteiger partial charge is 0.376 e. The van der Waals surface area contributed by atoms with Crippen LogP contribution in [-0.2, 0) is 5.54 Å². The third-order valence-electron chi connectivity index (χ3n) is 4.14. The molecule has 2 rings (SSSR count). The van der Waals surface area contributed by atoms with E-state index in [-0.39, 0.29) is 5.54 Å². The predicted octanol–water partition coefficient (Wildman–Crippen LogP) is 5.98. The Kier molecular flexibility index (Phi) is 5.86. The zero-order valence-corrected chi connectivity index (χ0v) is 13.3. The zero-order chi connectivity index (χ0) is 15.0. The monoisotopic (exact) mass is 281 g/mol. The second kappa shape index (κ2) is 7.87. The van der Waals surface area contributed by atoms with E-state index in [2.05, 4.69) is 79.8 Å². The molecule has 0 spiro atoms. The van der Waals surface area contributed by atoms with Crippen molar-refractivity contribution in [3.63, 3.8) is 0 Å². The van der Waals surface area contributed by atoms with E-state index < -0.39 is 0 Å². The third-order valence-corrected chi connectivity index (χ3v) is 4.14. The Labute approximate surface area is 129 Å². The number of benzene rings is 2. The molecule has 0 saturated heterocycles. The fourth-order valence-corrected chi connectivity index (χ4v) is 2.83. The second-order valence-electron chi connectivity index (χ2n) is 6.00. The van der Waals surface area contributed by atoms with Crippen LogP contribution in [0, 0.1) is 0 Å². The highest BCUT2D eigenvalue weighted by molar-refractivity contribution is 5.47. The Balaban J connectivity index is 2.13. The third kappa shape index (κ3) is 4.63. The molecule has 1 unspecified atom stereocenters. The fourth-order valence-electron chi connectivity index (χ4n) is 2.83. The molecule has 0 aliphatic carbocycles. The van der Waals surface area contributed by atoms with Gasteiger partial charge in [-0.15, -0.1) is 0 Å². The van der Waals surface area contributed by atoms with Crippen molar-refractivity contribution in [2.24, 2.45) is 0 Å². The summed E-state index contributed by atoms with van der Waals surface area (Å²) >= 11 is 0. The molecule has 1 nitrogen and oxygen atoms in total. The van der Waals surface area contributed by atoms with Crippen molar-refractivity contribution in [2.75, 3.05) is 5.32 Å². The molecule has 0 amide bonds. The van der Waals surface area contributed by atoms with Gasteiger partial charge in [0.25, 0.3) is 0 Å².